The van der Waals surface area contributed by atoms with E-state index in [0.29, 0.717) is 19.7 Å². The molecule has 26 heavy (non-hydrogen) atoms. The lowest BCUT2D eigenvalue weighted by molar-refractivity contribution is -0.131. The molecule has 1 aliphatic heterocycles. The number of carbonyl (C=O) groups excluding carboxylic acids is 1. The Labute approximate surface area is 155 Å². The molecule has 0 spiro atoms. The molecule has 0 atom stereocenters. The summed E-state index contributed by atoms with van der Waals surface area (Å²) in [7, 11) is 0. The number of para-hydroxylation sites is 1. The van der Waals surface area contributed by atoms with Crippen LogP contribution in [0.15, 0.2) is 60.1 Å². The molecule has 4 rings (SSSR count). The van der Waals surface area contributed by atoms with Crippen molar-refractivity contribution in [2.45, 2.75) is 12.6 Å². The highest BCUT2D eigenvalue weighted by atomic mass is 32.1. The molecular weight excluding hydrogens is 348 g/mol. The summed E-state index contributed by atoms with van der Waals surface area (Å²) < 4.78 is 7.49. The quantitative estimate of drug-likeness (QED) is 0.629. The average molecular weight is 366 g/mol. The maximum absolute atomic E-state index is 12.1. The Morgan fingerprint density at radius 2 is 2.08 bits per heavy atom. The topological polar surface area (TPSA) is 60.2 Å². The normalized spacial score (nSPS) is 14.5. The number of nitrogens with zero attached hydrogens (tertiary/aromatic N) is 4. The van der Waals surface area contributed by atoms with E-state index in [1.54, 1.807) is 22.3 Å². The van der Waals surface area contributed by atoms with Gasteiger partial charge in [-0.15, -0.1) is 16.4 Å². The first-order valence-electron chi connectivity index (χ1n) is 8.37. The Morgan fingerprint density at radius 3 is 2.85 bits per heavy atom. The van der Waals surface area contributed by atoms with E-state index >= 15 is 0 Å². The van der Waals surface area contributed by atoms with Crippen LogP contribution in [-0.4, -0.2) is 38.9 Å². The molecule has 1 saturated heterocycles. The lowest BCUT2D eigenvalue weighted by Crippen LogP contribution is -2.50. The van der Waals surface area contributed by atoms with Gasteiger partial charge in [0.1, 0.15) is 18.1 Å². The molecule has 0 bridgehead atoms. The van der Waals surface area contributed by atoms with Crippen molar-refractivity contribution in [2.24, 2.45) is 0 Å². The van der Waals surface area contributed by atoms with Crippen LogP contribution in [0.3, 0.4) is 0 Å². The summed E-state index contributed by atoms with van der Waals surface area (Å²) in [6.07, 6.45) is 5.37. The van der Waals surface area contributed by atoms with Crippen LogP contribution in [0.25, 0.3) is 6.08 Å². The Hall–Kier alpha value is -2.93. The smallest absolute Gasteiger partial charge is 0.246 e. The summed E-state index contributed by atoms with van der Waals surface area (Å²) in [5.41, 5.74) is 0.774. The van der Waals surface area contributed by atoms with Crippen LogP contribution in [0.1, 0.15) is 16.6 Å². The lowest BCUT2D eigenvalue weighted by atomic mass is 10.1. The predicted octanol–water partition coefficient (Wildman–Crippen LogP) is 3.02. The summed E-state index contributed by atoms with van der Waals surface area (Å²) in [6, 6.07) is 13.8. The molecule has 1 aromatic carbocycles. The van der Waals surface area contributed by atoms with Crippen LogP contribution in [0.4, 0.5) is 0 Å². The van der Waals surface area contributed by atoms with E-state index < -0.39 is 0 Å². The first-order chi connectivity index (χ1) is 12.8. The molecule has 0 saturated carbocycles. The van der Waals surface area contributed by atoms with Gasteiger partial charge in [0.15, 0.2) is 0 Å². The molecule has 0 N–H and O–H groups in total. The van der Waals surface area contributed by atoms with Crippen molar-refractivity contribution < 1.29 is 9.53 Å². The van der Waals surface area contributed by atoms with Crippen LogP contribution in [-0.2, 0) is 11.4 Å². The molecule has 1 amide bonds. The van der Waals surface area contributed by atoms with Gasteiger partial charge < -0.3 is 9.64 Å². The highest BCUT2D eigenvalue weighted by molar-refractivity contribution is 7.10. The predicted molar refractivity (Wildman–Crippen MR) is 99.8 cm³/mol. The largest absolute Gasteiger partial charge is 0.487 e. The standard InChI is InChI=1S/C19H18N4O2S/c24-19(9-8-18-7-4-10-26-18)22-12-16(13-22)23-11-15(20-21-23)14-25-17-5-2-1-3-6-17/h1-11,16H,12-14H2/b9-8+. The number of hydrogen-bond acceptors (Lipinski definition) is 5. The minimum Gasteiger partial charge on any atom is -0.487 e. The number of carbonyl (C=O) groups is 1. The second-order valence-corrected chi connectivity index (χ2v) is 7.02. The van der Waals surface area contributed by atoms with Crippen molar-refractivity contribution in [1.29, 1.82) is 0 Å². The van der Waals surface area contributed by atoms with Crippen molar-refractivity contribution >= 4 is 23.3 Å². The third-order valence-electron chi connectivity index (χ3n) is 4.17. The van der Waals surface area contributed by atoms with E-state index in [-0.39, 0.29) is 11.9 Å². The van der Waals surface area contributed by atoms with Crippen molar-refractivity contribution in [3.8, 4) is 5.75 Å². The van der Waals surface area contributed by atoms with Crippen molar-refractivity contribution in [1.82, 2.24) is 19.9 Å². The van der Waals surface area contributed by atoms with E-state index in [2.05, 4.69) is 10.3 Å². The molecule has 0 unspecified atom stereocenters. The Balaban J connectivity index is 1.26. The van der Waals surface area contributed by atoms with Gasteiger partial charge in [-0.3, -0.25) is 4.79 Å². The van der Waals surface area contributed by atoms with Crippen LogP contribution >= 0.6 is 11.3 Å². The summed E-state index contributed by atoms with van der Waals surface area (Å²) in [4.78, 5) is 15.0. The Bertz CT molecular complexity index is 883. The summed E-state index contributed by atoms with van der Waals surface area (Å²) in [5, 5.41) is 10.3. The number of thiophene rings is 1. The molecule has 2 aromatic heterocycles. The minimum atomic E-state index is 0.0300. The fraction of sp³-hybridized carbons (Fsp3) is 0.211. The first-order valence-corrected chi connectivity index (χ1v) is 9.25. The van der Waals surface area contributed by atoms with Crippen LogP contribution in [0, 0.1) is 0 Å². The van der Waals surface area contributed by atoms with Crippen molar-refractivity contribution in [3.05, 3.63) is 70.7 Å². The molecule has 0 radical (unpaired) electrons. The van der Waals surface area contributed by atoms with Crippen molar-refractivity contribution in [2.75, 3.05) is 13.1 Å². The molecule has 0 aliphatic carbocycles. The van der Waals surface area contributed by atoms with Crippen LogP contribution in [0.5, 0.6) is 5.75 Å². The number of rotatable bonds is 6. The number of benzene rings is 1. The zero-order chi connectivity index (χ0) is 17.8. The molecule has 6 nitrogen and oxygen atoms in total. The van der Waals surface area contributed by atoms with Crippen LogP contribution < -0.4 is 4.74 Å². The number of likely N-dealkylation sites (tertiary alicyclic amines) is 1. The van der Waals surface area contributed by atoms with Gasteiger partial charge in [0.05, 0.1) is 12.2 Å². The fourth-order valence-electron chi connectivity index (χ4n) is 2.68. The zero-order valence-corrected chi connectivity index (χ0v) is 14.9. The number of aromatic nitrogens is 3. The van der Waals surface area contributed by atoms with Gasteiger partial charge in [-0.1, -0.05) is 29.5 Å². The van der Waals surface area contributed by atoms with Gasteiger partial charge in [-0.25, -0.2) is 4.68 Å². The monoisotopic (exact) mass is 366 g/mol. The molecule has 7 heteroatoms. The second kappa shape index (κ2) is 7.53. The van der Waals surface area contributed by atoms with E-state index in [0.717, 1.165) is 16.3 Å². The lowest BCUT2D eigenvalue weighted by Gasteiger charge is -2.38. The van der Waals surface area contributed by atoms with Gasteiger partial charge >= 0.3 is 0 Å². The minimum absolute atomic E-state index is 0.0300. The van der Waals surface area contributed by atoms with Gasteiger partial charge in [-0.2, -0.15) is 0 Å². The van der Waals surface area contributed by atoms with E-state index in [1.807, 2.05) is 64.8 Å². The van der Waals surface area contributed by atoms with E-state index in [4.69, 9.17) is 4.74 Å². The maximum atomic E-state index is 12.1. The SMILES string of the molecule is O=C(/C=C/c1cccs1)N1CC(n2cc(COc3ccccc3)nn2)C1. The molecule has 1 aliphatic rings. The van der Waals surface area contributed by atoms with Crippen LogP contribution in [0.2, 0.25) is 0 Å². The Kier molecular flexibility index (Phi) is 4.79. The summed E-state index contributed by atoms with van der Waals surface area (Å²) in [5.74, 6) is 0.836. The van der Waals surface area contributed by atoms with E-state index in [1.165, 1.54) is 0 Å². The number of hydrogen-bond donors (Lipinski definition) is 0. The summed E-state index contributed by atoms with van der Waals surface area (Å²) >= 11 is 1.61. The van der Waals surface area contributed by atoms with Gasteiger partial charge in [0.2, 0.25) is 5.91 Å². The molecule has 3 aromatic rings. The maximum Gasteiger partial charge on any atom is 0.246 e. The van der Waals surface area contributed by atoms with Crippen molar-refractivity contribution in [3.63, 3.8) is 0 Å². The molecule has 3 heterocycles. The molecule has 1 fully saturated rings. The fourth-order valence-corrected chi connectivity index (χ4v) is 3.30. The summed E-state index contributed by atoms with van der Waals surface area (Å²) in [6.45, 7) is 1.68. The van der Waals surface area contributed by atoms with Gasteiger partial charge in [-0.05, 0) is 29.7 Å². The first kappa shape index (κ1) is 16.5. The number of ether oxygens (including phenoxy) is 1. The highest BCUT2D eigenvalue weighted by Gasteiger charge is 2.31. The molecular formula is C19H18N4O2S. The highest BCUT2D eigenvalue weighted by Crippen LogP contribution is 2.21. The zero-order valence-electron chi connectivity index (χ0n) is 14.1. The molecule has 132 valence electrons. The van der Waals surface area contributed by atoms with Gasteiger partial charge in [0.25, 0.3) is 0 Å². The average Bonchev–Trinajstić information content (AvgIpc) is 3.30. The number of amides is 1. The second-order valence-electron chi connectivity index (χ2n) is 6.04. The Morgan fingerprint density at radius 1 is 1.23 bits per heavy atom. The van der Waals surface area contributed by atoms with E-state index in [9.17, 15) is 4.79 Å². The van der Waals surface area contributed by atoms with Gasteiger partial charge in [0, 0.05) is 24.0 Å². The third kappa shape index (κ3) is 3.83. The third-order valence-corrected chi connectivity index (χ3v) is 5.01.